The Morgan fingerprint density at radius 3 is 2.64 bits per heavy atom. The zero-order valence-corrected chi connectivity index (χ0v) is 7.64. The normalized spacial score (nSPS) is 12.1. The van der Waals surface area contributed by atoms with E-state index < -0.39 is 12.3 Å². The highest BCUT2D eigenvalue weighted by Gasteiger charge is 2.18. The summed E-state index contributed by atoms with van der Waals surface area (Å²) in [5.41, 5.74) is -0.239. The Labute approximate surface area is 79.9 Å². The Balaban J connectivity index is 2.78. The van der Waals surface area contributed by atoms with Gasteiger partial charge in [0, 0.05) is 24.5 Å². The van der Waals surface area contributed by atoms with Gasteiger partial charge in [0.2, 0.25) is 0 Å². The number of alkyl halides is 1. The smallest absolute Gasteiger partial charge is 0.362 e. The fourth-order valence-corrected chi connectivity index (χ4v) is 0.908. The zero-order chi connectivity index (χ0) is 10.6. The van der Waals surface area contributed by atoms with Crippen molar-refractivity contribution in [3.8, 4) is 0 Å². The van der Waals surface area contributed by atoms with Gasteiger partial charge in [0.05, 0.1) is 6.61 Å². The van der Waals surface area contributed by atoms with Gasteiger partial charge in [-0.3, -0.25) is 4.79 Å². The molecule has 1 aromatic heterocycles. The van der Waals surface area contributed by atoms with Gasteiger partial charge in [-0.1, -0.05) is 0 Å². The summed E-state index contributed by atoms with van der Waals surface area (Å²) < 4.78 is 18.7. The molecule has 0 spiro atoms. The lowest BCUT2D eigenvalue weighted by Gasteiger charge is -2.10. The van der Waals surface area contributed by atoms with Crippen molar-refractivity contribution >= 4 is 5.97 Å². The third kappa shape index (κ3) is 2.42. The quantitative estimate of drug-likeness (QED) is 0.679. The first-order valence-electron chi connectivity index (χ1n) is 4.13. The molecule has 0 radical (unpaired) electrons. The number of rotatable bonds is 3. The summed E-state index contributed by atoms with van der Waals surface area (Å²) in [6, 6.07) is 2.34. The number of carbonyl (C=O) groups is 1. The fourth-order valence-electron chi connectivity index (χ4n) is 0.908. The number of hydrogen-bond acceptors (Lipinski definition) is 3. The molecule has 1 heterocycles. The van der Waals surface area contributed by atoms with Crippen LogP contribution in [0.25, 0.3) is 0 Å². The molecule has 5 heteroatoms. The minimum absolute atomic E-state index is 0.124. The third-order valence-electron chi connectivity index (χ3n) is 1.56. The predicted octanol–water partition coefficient (Wildman–Crippen LogP) is 0.880. The average Bonchev–Trinajstić information content (AvgIpc) is 2.18. The van der Waals surface area contributed by atoms with Gasteiger partial charge in [0.25, 0.3) is 6.30 Å². The largest absolute Gasteiger partial charge is 0.462 e. The van der Waals surface area contributed by atoms with E-state index in [1.54, 1.807) is 6.92 Å². The zero-order valence-electron chi connectivity index (χ0n) is 7.64. The summed E-state index contributed by atoms with van der Waals surface area (Å²) in [7, 11) is 0. The summed E-state index contributed by atoms with van der Waals surface area (Å²) >= 11 is 0. The monoisotopic (exact) mass is 199 g/mol. The van der Waals surface area contributed by atoms with E-state index >= 15 is 0 Å². The lowest BCUT2D eigenvalue weighted by molar-refractivity contribution is -0.152. The van der Waals surface area contributed by atoms with Crippen molar-refractivity contribution in [1.29, 1.82) is 0 Å². The molecule has 14 heavy (non-hydrogen) atoms. The molecule has 1 aromatic rings. The molecule has 76 valence electrons. The van der Waals surface area contributed by atoms with E-state index in [1.807, 2.05) is 0 Å². The third-order valence-corrected chi connectivity index (χ3v) is 1.56. The number of nitrogens with zero attached hydrogens (tertiary/aromatic N) is 1. The van der Waals surface area contributed by atoms with Crippen LogP contribution in [0.1, 0.15) is 13.2 Å². The highest BCUT2D eigenvalue weighted by molar-refractivity contribution is 5.72. The lowest BCUT2D eigenvalue weighted by atomic mass is 10.4. The van der Waals surface area contributed by atoms with Gasteiger partial charge < -0.3 is 9.30 Å². The van der Waals surface area contributed by atoms with Crippen molar-refractivity contribution in [3.63, 3.8) is 0 Å². The van der Waals surface area contributed by atoms with Crippen LogP contribution in [0.4, 0.5) is 4.39 Å². The Morgan fingerprint density at radius 1 is 1.57 bits per heavy atom. The van der Waals surface area contributed by atoms with Gasteiger partial charge in [-0.15, -0.1) is 0 Å². The van der Waals surface area contributed by atoms with Gasteiger partial charge in [0.1, 0.15) is 0 Å². The van der Waals surface area contributed by atoms with Crippen LogP contribution in [0, 0.1) is 0 Å². The molecule has 0 aliphatic carbocycles. The molecule has 0 amide bonds. The van der Waals surface area contributed by atoms with E-state index in [0.717, 1.165) is 4.57 Å². The second-order valence-corrected chi connectivity index (χ2v) is 2.57. The van der Waals surface area contributed by atoms with Gasteiger partial charge in [-0.05, 0) is 6.92 Å². The summed E-state index contributed by atoms with van der Waals surface area (Å²) in [5.74, 6) is -0.962. The van der Waals surface area contributed by atoms with Crippen molar-refractivity contribution in [1.82, 2.24) is 4.57 Å². The minimum atomic E-state index is -1.89. The van der Waals surface area contributed by atoms with Crippen molar-refractivity contribution in [2.45, 2.75) is 13.2 Å². The molecule has 0 aliphatic heterocycles. The van der Waals surface area contributed by atoms with E-state index in [4.69, 9.17) is 0 Å². The Kier molecular flexibility index (Phi) is 3.39. The van der Waals surface area contributed by atoms with E-state index in [0.29, 0.717) is 0 Å². The number of aromatic nitrogens is 1. The molecule has 1 atom stereocenters. The highest BCUT2D eigenvalue weighted by Crippen LogP contribution is 2.08. The molecule has 1 unspecified atom stereocenters. The standard InChI is InChI=1S/C9H10FNO3/c1-2-14-9(13)8(10)11-5-3-7(12)4-6-11/h3-6,8H,2H2,1H3. The topological polar surface area (TPSA) is 48.3 Å². The Hall–Kier alpha value is -1.65. The molecule has 0 aromatic carbocycles. The maximum absolute atomic E-state index is 13.2. The molecular weight excluding hydrogens is 189 g/mol. The molecule has 0 bridgehead atoms. The molecule has 0 saturated carbocycles. The highest BCUT2D eigenvalue weighted by atomic mass is 19.1. The van der Waals surface area contributed by atoms with Crippen molar-refractivity contribution in [2.75, 3.05) is 6.61 Å². The van der Waals surface area contributed by atoms with Gasteiger partial charge >= 0.3 is 5.97 Å². The van der Waals surface area contributed by atoms with Crippen LogP contribution >= 0.6 is 0 Å². The van der Waals surface area contributed by atoms with Crippen LogP contribution in [-0.4, -0.2) is 17.1 Å². The van der Waals surface area contributed by atoms with Crippen molar-refractivity contribution in [2.24, 2.45) is 0 Å². The molecule has 0 fully saturated rings. The van der Waals surface area contributed by atoms with Crippen LogP contribution in [0.5, 0.6) is 0 Å². The van der Waals surface area contributed by atoms with Gasteiger partial charge in [-0.2, -0.15) is 0 Å². The molecule has 0 saturated heterocycles. The number of halogens is 1. The van der Waals surface area contributed by atoms with E-state index in [1.165, 1.54) is 24.5 Å². The molecule has 0 aliphatic rings. The maximum atomic E-state index is 13.2. The van der Waals surface area contributed by atoms with Crippen LogP contribution in [-0.2, 0) is 9.53 Å². The fraction of sp³-hybridized carbons (Fsp3) is 0.333. The first-order valence-corrected chi connectivity index (χ1v) is 4.13. The Morgan fingerprint density at radius 2 is 2.14 bits per heavy atom. The minimum Gasteiger partial charge on any atom is -0.462 e. The second-order valence-electron chi connectivity index (χ2n) is 2.57. The lowest BCUT2D eigenvalue weighted by Crippen LogP contribution is -2.18. The average molecular weight is 199 g/mol. The number of pyridine rings is 1. The number of ether oxygens (including phenoxy) is 1. The van der Waals surface area contributed by atoms with Crippen molar-refractivity contribution < 1.29 is 13.9 Å². The van der Waals surface area contributed by atoms with Crippen LogP contribution < -0.4 is 5.43 Å². The first kappa shape index (κ1) is 10.4. The predicted molar refractivity (Wildman–Crippen MR) is 47.5 cm³/mol. The van der Waals surface area contributed by atoms with E-state index in [9.17, 15) is 14.0 Å². The second kappa shape index (κ2) is 4.55. The Bertz CT molecular complexity index is 354. The van der Waals surface area contributed by atoms with Gasteiger partial charge in [-0.25, -0.2) is 9.18 Å². The summed E-state index contributed by atoms with van der Waals surface area (Å²) in [5, 5.41) is 0. The molecule has 0 N–H and O–H groups in total. The first-order chi connectivity index (χ1) is 6.65. The summed E-state index contributed by atoms with van der Waals surface area (Å²) in [6.07, 6.45) is 0.504. The van der Waals surface area contributed by atoms with Crippen molar-refractivity contribution in [3.05, 3.63) is 34.7 Å². The summed E-state index contributed by atoms with van der Waals surface area (Å²) in [6.45, 7) is 1.72. The molecule has 4 nitrogen and oxygen atoms in total. The van der Waals surface area contributed by atoms with Crippen LogP contribution in [0.15, 0.2) is 29.3 Å². The van der Waals surface area contributed by atoms with E-state index in [-0.39, 0.29) is 12.0 Å². The number of carbonyl (C=O) groups excluding carboxylic acids is 1. The molecule has 1 rings (SSSR count). The summed E-state index contributed by atoms with van der Waals surface area (Å²) in [4.78, 5) is 21.6. The van der Waals surface area contributed by atoms with E-state index in [2.05, 4.69) is 4.74 Å². The number of esters is 1. The van der Waals surface area contributed by atoms with Gasteiger partial charge in [0.15, 0.2) is 5.43 Å². The number of hydrogen-bond donors (Lipinski definition) is 0. The molecular formula is C9H10FNO3. The maximum Gasteiger partial charge on any atom is 0.362 e. The van der Waals surface area contributed by atoms with Crippen LogP contribution in [0.2, 0.25) is 0 Å². The van der Waals surface area contributed by atoms with Crippen LogP contribution in [0.3, 0.4) is 0 Å². The SMILES string of the molecule is CCOC(=O)C(F)n1ccc(=O)cc1.